The highest BCUT2D eigenvalue weighted by molar-refractivity contribution is 6.70. The Morgan fingerprint density at radius 2 is 1.00 bits per heavy atom. The van der Waals surface area contributed by atoms with E-state index in [2.05, 4.69) is 58.9 Å². The summed E-state index contributed by atoms with van der Waals surface area (Å²) >= 11 is 0. The lowest BCUT2D eigenvalue weighted by atomic mass is 10.0. The summed E-state index contributed by atoms with van der Waals surface area (Å²) in [5.41, 5.74) is 0. The fourth-order valence-corrected chi connectivity index (χ4v) is 5.93. The van der Waals surface area contributed by atoms with E-state index in [1.807, 2.05) is 6.92 Å². The summed E-state index contributed by atoms with van der Waals surface area (Å²) < 4.78 is 24.8. The summed E-state index contributed by atoms with van der Waals surface area (Å²) in [6, 6.07) is 0. The van der Waals surface area contributed by atoms with Crippen LogP contribution >= 0.6 is 0 Å². The van der Waals surface area contributed by atoms with Gasteiger partial charge in [-0.05, 0) is 65.8 Å². The Labute approximate surface area is 145 Å². The molecule has 0 aromatic heterocycles. The smallest absolute Gasteiger partial charge is 0.184 e. The third-order valence-electron chi connectivity index (χ3n) is 3.21. The van der Waals surface area contributed by atoms with Gasteiger partial charge in [-0.2, -0.15) is 0 Å². The van der Waals surface area contributed by atoms with Gasteiger partial charge in [0.1, 0.15) is 12.2 Å². The molecule has 5 nitrogen and oxygen atoms in total. The molecule has 0 aromatic carbocycles. The summed E-state index contributed by atoms with van der Waals surface area (Å²) in [4.78, 5) is 0. The molecular weight excluding hydrogens is 344 g/mol. The molecule has 1 N–H and O–H groups in total. The lowest BCUT2D eigenvalue weighted by Crippen LogP contribution is -2.64. The molecule has 0 aromatic rings. The summed E-state index contributed by atoms with van der Waals surface area (Å²) in [6.07, 6.45) is -2.19. The van der Waals surface area contributed by atoms with Crippen molar-refractivity contribution < 1.29 is 23.1 Å². The zero-order valence-corrected chi connectivity index (χ0v) is 19.5. The summed E-state index contributed by atoms with van der Waals surface area (Å²) in [7, 11) is -5.48. The van der Waals surface area contributed by atoms with Gasteiger partial charge in [-0.3, -0.25) is 0 Å². The van der Waals surface area contributed by atoms with Crippen molar-refractivity contribution in [3.63, 3.8) is 0 Å². The van der Waals surface area contributed by atoms with E-state index in [0.717, 1.165) is 0 Å². The third-order valence-corrected chi connectivity index (χ3v) is 6.15. The molecule has 0 saturated carbocycles. The van der Waals surface area contributed by atoms with E-state index < -0.39 is 37.3 Å². The van der Waals surface area contributed by atoms with Gasteiger partial charge in [0.25, 0.3) is 0 Å². The molecule has 1 rings (SSSR count). The van der Waals surface area contributed by atoms with Gasteiger partial charge in [-0.25, -0.2) is 0 Å². The van der Waals surface area contributed by atoms with Crippen LogP contribution in [0.2, 0.25) is 58.9 Å². The van der Waals surface area contributed by atoms with Gasteiger partial charge < -0.3 is 23.1 Å². The van der Waals surface area contributed by atoms with Crippen molar-refractivity contribution in [2.45, 2.75) is 96.6 Å². The average Bonchev–Trinajstić information content (AvgIpc) is 2.25. The zero-order chi connectivity index (χ0) is 18.2. The molecule has 0 bridgehead atoms. The molecule has 5 atom stereocenters. The van der Waals surface area contributed by atoms with Gasteiger partial charge in [0, 0.05) is 0 Å². The first-order valence-electron chi connectivity index (χ1n) is 8.46. The molecule has 0 radical (unpaired) electrons. The number of aliphatic hydroxyl groups is 1. The fourth-order valence-electron chi connectivity index (χ4n) is 2.64. The van der Waals surface area contributed by atoms with Gasteiger partial charge >= 0.3 is 0 Å². The van der Waals surface area contributed by atoms with Crippen molar-refractivity contribution in [2.75, 3.05) is 0 Å². The molecular formula is C15H36O5Si3. The van der Waals surface area contributed by atoms with E-state index in [-0.39, 0.29) is 18.3 Å². The quantitative estimate of drug-likeness (QED) is 0.716. The first-order valence-corrected chi connectivity index (χ1v) is 18.7. The van der Waals surface area contributed by atoms with Crippen LogP contribution in [0.3, 0.4) is 0 Å². The van der Waals surface area contributed by atoms with E-state index in [1.54, 1.807) is 0 Å². The van der Waals surface area contributed by atoms with Crippen LogP contribution < -0.4 is 0 Å². The number of aliphatic hydroxyl groups excluding tert-OH is 1. The standard InChI is InChI=1S/C15H36O5Si3/c1-11-12(18-21(2,3)4)13(19-22(5,6)7)14(15(16)17-11)20-23(8,9)10/h11-16H,1-10H3/t11-,12-,13+,14-,15+/m0/s1. The zero-order valence-electron chi connectivity index (χ0n) is 16.5. The Kier molecular flexibility index (Phi) is 6.88. The Balaban J connectivity index is 3.13. The molecule has 138 valence electrons. The molecule has 1 fully saturated rings. The maximum Gasteiger partial charge on any atom is 0.184 e. The van der Waals surface area contributed by atoms with Gasteiger partial charge in [0.15, 0.2) is 31.2 Å². The maximum absolute atomic E-state index is 10.5. The van der Waals surface area contributed by atoms with Crippen molar-refractivity contribution in [3.8, 4) is 0 Å². The highest BCUT2D eigenvalue weighted by Gasteiger charge is 2.49. The maximum atomic E-state index is 10.5. The second-order valence-corrected chi connectivity index (χ2v) is 22.7. The molecule has 1 aliphatic rings. The van der Waals surface area contributed by atoms with Crippen molar-refractivity contribution in [1.29, 1.82) is 0 Å². The third kappa shape index (κ3) is 7.47. The minimum absolute atomic E-state index is 0.210. The monoisotopic (exact) mass is 380 g/mol. The molecule has 0 amide bonds. The van der Waals surface area contributed by atoms with E-state index >= 15 is 0 Å². The normalized spacial score (nSPS) is 33.8. The number of ether oxygens (including phenoxy) is 1. The second kappa shape index (κ2) is 7.37. The first kappa shape index (κ1) is 21.5. The number of hydrogen-bond acceptors (Lipinski definition) is 5. The lowest BCUT2D eigenvalue weighted by Gasteiger charge is -2.48. The van der Waals surface area contributed by atoms with Gasteiger partial charge in [-0.15, -0.1) is 0 Å². The van der Waals surface area contributed by atoms with Crippen molar-refractivity contribution >= 4 is 25.0 Å². The minimum Gasteiger partial charge on any atom is -0.409 e. The van der Waals surface area contributed by atoms with E-state index in [9.17, 15) is 5.11 Å². The lowest BCUT2D eigenvalue weighted by molar-refractivity contribution is -0.266. The largest absolute Gasteiger partial charge is 0.409 e. The molecule has 0 unspecified atom stereocenters. The van der Waals surface area contributed by atoms with Crippen molar-refractivity contribution in [3.05, 3.63) is 0 Å². The summed E-state index contributed by atoms with van der Waals surface area (Å²) in [5, 5.41) is 10.5. The molecule has 1 saturated heterocycles. The number of hydrogen-bond donors (Lipinski definition) is 1. The molecule has 0 aliphatic carbocycles. The van der Waals surface area contributed by atoms with Crippen LogP contribution in [0.5, 0.6) is 0 Å². The van der Waals surface area contributed by atoms with Gasteiger partial charge in [0.2, 0.25) is 0 Å². The van der Waals surface area contributed by atoms with Crippen LogP contribution in [-0.4, -0.2) is 60.8 Å². The topological polar surface area (TPSA) is 57.2 Å². The van der Waals surface area contributed by atoms with Crippen LogP contribution in [0.1, 0.15) is 6.92 Å². The first-order chi connectivity index (χ1) is 10.1. The average molecular weight is 381 g/mol. The minimum atomic E-state index is -1.86. The second-order valence-electron chi connectivity index (χ2n) is 9.32. The van der Waals surface area contributed by atoms with Gasteiger partial charge in [-0.1, -0.05) is 0 Å². The van der Waals surface area contributed by atoms with Gasteiger partial charge in [0.05, 0.1) is 12.2 Å². The van der Waals surface area contributed by atoms with Crippen LogP contribution in [0, 0.1) is 0 Å². The van der Waals surface area contributed by atoms with E-state index in [0.29, 0.717) is 0 Å². The predicted molar refractivity (Wildman–Crippen MR) is 101 cm³/mol. The Morgan fingerprint density at radius 1 is 0.652 bits per heavy atom. The molecule has 0 spiro atoms. The van der Waals surface area contributed by atoms with Crippen molar-refractivity contribution in [1.82, 2.24) is 0 Å². The van der Waals surface area contributed by atoms with E-state index in [1.165, 1.54) is 0 Å². The van der Waals surface area contributed by atoms with Crippen LogP contribution in [0.25, 0.3) is 0 Å². The molecule has 1 heterocycles. The van der Waals surface area contributed by atoms with Crippen LogP contribution in [-0.2, 0) is 18.0 Å². The molecule has 8 heteroatoms. The van der Waals surface area contributed by atoms with Crippen LogP contribution in [0.15, 0.2) is 0 Å². The summed E-state index contributed by atoms with van der Waals surface area (Å²) in [6.45, 7) is 21.2. The Morgan fingerprint density at radius 3 is 1.39 bits per heavy atom. The fraction of sp³-hybridized carbons (Fsp3) is 1.00. The SMILES string of the molecule is C[C@@H]1O[C@@H](O)[C@@H](O[Si](C)(C)C)[C@H](O[Si](C)(C)C)[C@H]1O[Si](C)(C)C. The highest BCUT2D eigenvalue weighted by atomic mass is 28.4. The van der Waals surface area contributed by atoms with E-state index in [4.69, 9.17) is 18.0 Å². The Hall–Kier alpha value is 0.451. The molecule has 1 aliphatic heterocycles. The van der Waals surface area contributed by atoms with Crippen molar-refractivity contribution in [2.24, 2.45) is 0 Å². The summed E-state index contributed by atoms with van der Waals surface area (Å²) in [5.74, 6) is 0. The predicted octanol–water partition coefficient (Wildman–Crippen LogP) is 3.38. The highest BCUT2D eigenvalue weighted by Crippen LogP contribution is 2.32. The van der Waals surface area contributed by atoms with Crippen LogP contribution in [0.4, 0.5) is 0 Å². The Bertz CT molecular complexity index is 358. The number of rotatable bonds is 6. The molecule has 23 heavy (non-hydrogen) atoms.